The highest BCUT2D eigenvalue weighted by Gasteiger charge is 2.41. The standard InChI is InChI=1S/C15H26O2Si/c1-8-9-12-11(2)14(10-13(12)16)17-18(6,7)15(3,4)5/h8,14H,1,9-10H2,2-7H3/t14-/m0/s1. The second-order valence-electron chi connectivity index (χ2n) is 6.65. The molecule has 0 fully saturated rings. The molecule has 0 spiro atoms. The lowest BCUT2D eigenvalue weighted by atomic mass is 10.1. The van der Waals surface area contributed by atoms with E-state index >= 15 is 0 Å². The van der Waals surface area contributed by atoms with Crippen LogP contribution in [0.2, 0.25) is 18.1 Å². The minimum Gasteiger partial charge on any atom is -0.410 e. The van der Waals surface area contributed by atoms with Gasteiger partial charge >= 0.3 is 0 Å². The van der Waals surface area contributed by atoms with Crippen LogP contribution in [-0.2, 0) is 9.22 Å². The summed E-state index contributed by atoms with van der Waals surface area (Å²) in [6.07, 6.45) is 2.97. The quantitative estimate of drug-likeness (QED) is 0.562. The molecule has 3 heteroatoms. The number of carbonyl (C=O) groups excluding carboxylic acids is 1. The van der Waals surface area contributed by atoms with Crippen molar-refractivity contribution in [1.29, 1.82) is 0 Å². The van der Waals surface area contributed by atoms with Crippen molar-refractivity contribution in [2.75, 3.05) is 0 Å². The summed E-state index contributed by atoms with van der Waals surface area (Å²) in [7, 11) is -1.81. The van der Waals surface area contributed by atoms with Gasteiger partial charge in [0.15, 0.2) is 14.1 Å². The van der Waals surface area contributed by atoms with Gasteiger partial charge in [0.25, 0.3) is 0 Å². The van der Waals surface area contributed by atoms with Gasteiger partial charge < -0.3 is 4.43 Å². The third kappa shape index (κ3) is 3.01. The van der Waals surface area contributed by atoms with Crippen LogP contribution in [0, 0.1) is 0 Å². The lowest BCUT2D eigenvalue weighted by molar-refractivity contribution is -0.115. The average Bonchev–Trinajstić information content (AvgIpc) is 2.44. The van der Waals surface area contributed by atoms with E-state index in [1.807, 2.05) is 6.92 Å². The van der Waals surface area contributed by atoms with Crippen LogP contribution < -0.4 is 0 Å². The zero-order chi connectivity index (χ0) is 14.1. The third-order valence-electron chi connectivity index (χ3n) is 4.26. The molecule has 0 heterocycles. The van der Waals surface area contributed by atoms with Gasteiger partial charge in [0.2, 0.25) is 0 Å². The predicted octanol–water partition coefficient (Wildman–Crippen LogP) is 4.24. The summed E-state index contributed by atoms with van der Waals surface area (Å²) in [4.78, 5) is 12.0. The molecule has 0 bridgehead atoms. The fourth-order valence-corrected chi connectivity index (χ4v) is 3.27. The van der Waals surface area contributed by atoms with Gasteiger partial charge in [-0.05, 0) is 37.0 Å². The maximum atomic E-state index is 12.0. The van der Waals surface area contributed by atoms with E-state index in [-0.39, 0.29) is 16.9 Å². The van der Waals surface area contributed by atoms with Crippen molar-refractivity contribution in [3.63, 3.8) is 0 Å². The van der Waals surface area contributed by atoms with Gasteiger partial charge in [-0.15, -0.1) is 6.58 Å². The molecule has 102 valence electrons. The predicted molar refractivity (Wildman–Crippen MR) is 79.2 cm³/mol. The van der Waals surface area contributed by atoms with Gasteiger partial charge in [0.1, 0.15) is 0 Å². The van der Waals surface area contributed by atoms with Gasteiger partial charge in [0, 0.05) is 12.0 Å². The second-order valence-corrected chi connectivity index (χ2v) is 11.4. The molecule has 1 atom stereocenters. The van der Waals surface area contributed by atoms with Gasteiger partial charge in [-0.3, -0.25) is 4.79 Å². The Bertz CT molecular complexity index is 386. The molecule has 0 saturated heterocycles. The summed E-state index contributed by atoms with van der Waals surface area (Å²) in [6.45, 7) is 16.9. The molecular weight excluding hydrogens is 240 g/mol. The van der Waals surface area contributed by atoms with Gasteiger partial charge in [-0.25, -0.2) is 0 Å². The van der Waals surface area contributed by atoms with E-state index in [0.29, 0.717) is 12.8 Å². The first kappa shape index (κ1) is 15.4. The monoisotopic (exact) mass is 266 g/mol. The first-order valence-corrected chi connectivity index (χ1v) is 9.52. The van der Waals surface area contributed by atoms with Crippen molar-refractivity contribution in [3.8, 4) is 0 Å². The van der Waals surface area contributed by atoms with Crippen LogP contribution in [0.5, 0.6) is 0 Å². The molecule has 0 unspecified atom stereocenters. The third-order valence-corrected chi connectivity index (χ3v) is 8.74. The summed E-state index contributed by atoms with van der Waals surface area (Å²) >= 11 is 0. The smallest absolute Gasteiger partial charge is 0.192 e. The Labute approximate surface area is 112 Å². The Morgan fingerprint density at radius 3 is 2.44 bits per heavy atom. The largest absolute Gasteiger partial charge is 0.410 e. The first-order chi connectivity index (χ1) is 8.10. The minimum atomic E-state index is -1.81. The lowest BCUT2D eigenvalue weighted by Crippen LogP contribution is -2.43. The topological polar surface area (TPSA) is 26.3 Å². The Balaban J connectivity index is 2.89. The van der Waals surface area contributed by atoms with Crippen molar-refractivity contribution in [3.05, 3.63) is 23.8 Å². The minimum absolute atomic E-state index is 0.00617. The van der Waals surface area contributed by atoms with Crippen LogP contribution in [0.15, 0.2) is 23.8 Å². The molecule has 0 amide bonds. The van der Waals surface area contributed by atoms with E-state index in [1.54, 1.807) is 6.08 Å². The molecule has 2 nitrogen and oxygen atoms in total. The van der Waals surface area contributed by atoms with Gasteiger partial charge in [0.05, 0.1) is 6.10 Å². The van der Waals surface area contributed by atoms with Crippen LogP contribution in [-0.4, -0.2) is 20.2 Å². The first-order valence-electron chi connectivity index (χ1n) is 6.61. The average molecular weight is 266 g/mol. The summed E-state index contributed by atoms with van der Waals surface area (Å²) in [5.74, 6) is 0.233. The van der Waals surface area contributed by atoms with Gasteiger partial charge in [-0.2, -0.15) is 0 Å². The zero-order valence-corrected chi connectivity index (χ0v) is 13.6. The van der Waals surface area contributed by atoms with Crippen LogP contribution >= 0.6 is 0 Å². The zero-order valence-electron chi connectivity index (χ0n) is 12.6. The SMILES string of the molecule is C=CCC1=C(C)[C@@H](O[Si](C)(C)C(C)(C)C)CC1=O. The maximum Gasteiger partial charge on any atom is 0.192 e. The Morgan fingerprint density at radius 2 is 2.00 bits per heavy atom. The van der Waals surface area contributed by atoms with E-state index in [2.05, 4.69) is 40.4 Å². The number of hydrogen-bond acceptors (Lipinski definition) is 2. The molecule has 0 N–H and O–H groups in total. The molecule has 18 heavy (non-hydrogen) atoms. The highest BCUT2D eigenvalue weighted by molar-refractivity contribution is 6.74. The summed E-state index contributed by atoms with van der Waals surface area (Å²) in [6, 6.07) is 0. The van der Waals surface area contributed by atoms with Crippen LogP contribution in [0.25, 0.3) is 0 Å². The van der Waals surface area contributed by atoms with Crippen LogP contribution in [0.1, 0.15) is 40.5 Å². The van der Waals surface area contributed by atoms with Crippen LogP contribution in [0.4, 0.5) is 0 Å². The summed E-state index contributed by atoms with van der Waals surface area (Å²) in [5, 5.41) is 0.178. The van der Waals surface area contributed by atoms with E-state index in [1.165, 1.54) is 0 Å². The molecular formula is C15H26O2Si. The number of rotatable bonds is 4. The Kier molecular flexibility index (Phi) is 4.39. The summed E-state index contributed by atoms with van der Waals surface area (Å²) < 4.78 is 6.35. The van der Waals surface area contributed by atoms with Crippen molar-refractivity contribution in [2.24, 2.45) is 0 Å². The molecule has 0 aromatic heterocycles. The fourth-order valence-electron chi connectivity index (χ4n) is 1.94. The highest BCUT2D eigenvalue weighted by Crippen LogP contribution is 2.40. The molecule has 0 aromatic rings. The number of allylic oxidation sites excluding steroid dienone is 2. The fraction of sp³-hybridized carbons (Fsp3) is 0.667. The van der Waals surface area contributed by atoms with E-state index in [9.17, 15) is 4.79 Å². The number of Topliss-reactive ketones (excluding diaryl/α,β-unsaturated/α-hetero) is 1. The molecule has 1 aliphatic rings. The number of hydrogen-bond donors (Lipinski definition) is 0. The molecule has 0 aromatic carbocycles. The highest BCUT2D eigenvalue weighted by atomic mass is 28.4. The molecule has 0 aliphatic heterocycles. The lowest BCUT2D eigenvalue weighted by Gasteiger charge is -2.38. The maximum absolute atomic E-state index is 12.0. The second kappa shape index (κ2) is 5.14. The molecule has 1 aliphatic carbocycles. The number of ketones is 1. The van der Waals surface area contributed by atoms with Crippen molar-refractivity contribution in [2.45, 2.75) is 64.8 Å². The van der Waals surface area contributed by atoms with Gasteiger partial charge in [-0.1, -0.05) is 26.8 Å². The molecule has 1 rings (SSSR count). The normalized spacial score (nSPS) is 21.7. The van der Waals surface area contributed by atoms with Crippen LogP contribution in [0.3, 0.4) is 0 Å². The van der Waals surface area contributed by atoms with E-state index < -0.39 is 8.32 Å². The van der Waals surface area contributed by atoms with E-state index in [4.69, 9.17) is 4.43 Å². The van der Waals surface area contributed by atoms with Crippen molar-refractivity contribution in [1.82, 2.24) is 0 Å². The Morgan fingerprint density at radius 1 is 1.44 bits per heavy atom. The van der Waals surface area contributed by atoms with E-state index in [0.717, 1.165) is 11.1 Å². The van der Waals surface area contributed by atoms with Crippen molar-refractivity contribution >= 4 is 14.1 Å². The summed E-state index contributed by atoms with van der Waals surface area (Å²) in [5.41, 5.74) is 2.03. The molecule has 0 saturated carbocycles. The molecule has 0 radical (unpaired) electrons. The Hall–Kier alpha value is -0.673. The number of carbonyl (C=O) groups is 1. The van der Waals surface area contributed by atoms with Crippen molar-refractivity contribution < 1.29 is 9.22 Å².